The van der Waals surface area contributed by atoms with Gasteiger partial charge >= 0.3 is 12.1 Å². The van der Waals surface area contributed by atoms with E-state index in [0.717, 1.165) is 74.5 Å². The quantitative estimate of drug-likeness (QED) is 0.503. The molecule has 2 atom stereocenters. The second-order valence-corrected chi connectivity index (χ2v) is 11.7. The second kappa shape index (κ2) is 10.9. The topological polar surface area (TPSA) is 57.2 Å². The van der Waals surface area contributed by atoms with E-state index < -0.39 is 22.9 Å². The van der Waals surface area contributed by atoms with Gasteiger partial charge in [0, 0.05) is 54.4 Å². The summed E-state index contributed by atoms with van der Waals surface area (Å²) in [4.78, 5) is 22.4. The van der Waals surface area contributed by atoms with Gasteiger partial charge in [0.15, 0.2) is 0 Å². The minimum Gasteiger partial charge on any atom is -0.388 e. The molecule has 3 aliphatic heterocycles. The normalized spacial score (nSPS) is 21.4. The zero-order valence-electron chi connectivity index (χ0n) is 22.2. The van der Waals surface area contributed by atoms with Crippen molar-refractivity contribution < 1.29 is 22.1 Å². The summed E-state index contributed by atoms with van der Waals surface area (Å²) >= 11 is 0. The van der Waals surface area contributed by atoms with Gasteiger partial charge in [0.2, 0.25) is 0 Å². The summed E-state index contributed by atoms with van der Waals surface area (Å²) in [6, 6.07) is 8.34. The molecule has 0 amide bonds. The number of anilines is 2. The Morgan fingerprint density at radius 3 is 2.50 bits per heavy atom. The van der Waals surface area contributed by atoms with Crippen LogP contribution in [0.4, 0.5) is 30.2 Å². The molecule has 38 heavy (non-hydrogen) atoms. The van der Waals surface area contributed by atoms with E-state index in [1.165, 1.54) is 0 Å². The minimum atomic E-state index is -5.09. The first-order valence-electron chi connectivity index (χ1n) is 13.5. The Labute approximate surface area is 224 Å². The third-order valence-corrected chi connectivity index (χ3v) is 9.38. The summed E-state index contributed by atoms with van der Waals surface area (Å²) in [6.45, 7) is 10.5. The molecule has 5 rings (SSSR count). The Morgan fingerprint density at radius 2 is 1.82 bits per heavy atom. The lowest BCUT2D eigenvalue weighted by Crippen LogP contribution is -2.29. The van der Waals surface area contributed by atoms with E-state index in [0.29, 0.717) is 39.3 Å². The summed E-state index contributed by atoms with van der Waals surface area (Å²) in [5.41, 5.74) is 4.42. The fraction of sp³-hybridized carbons (Fsp3) is 0.536. The molecule has 0 bridgehead atoms. The largest absolute Gasteiger partial charge is 0.492 e. The maximum absolute atomic E-state index is 13.5. The van der Waals surface area contributed by atoms with Crippen molar-refractivity contribution in [3.8, 4) is 0 Å². The van der Waals surface area contributed by atoms with Crippen LogP contribution in [0.3, 0.4) is 0 Å². The van der Waals surface area contributed by atoms with Crippen LogP contribution in [0, 0.1) is 4.51 Å². The molecule has 0 aromatic heterocycles. The van der Waals surface area contributed by atoms with E-state index >= 15 is 0 Å². The van der Waals surface area contributed by atoms with Gasteiger partial charge in [0.25, 0.3) is 0 Å². The molecule has 3 aliphatic rings. The third-order valence-electron chi connectivity index (χ3n) is 7.64. The van der Waals surface area contributed by atoms with Gasteiger partial charge in [-0.2, -0.15) is 13.2 Å². The summed E-state index contributed by atoms with van der Waals surface area (Å²) in [6.07, 6.45) is -0.654. The van der Waals surface area contributed by atoms with E-state index in [1.807, 2.05) is 26.0 Å². The number of aryl methyl sites for hydroxylation is 2. The Balaban J connectivity index is 1.77. The van der Waals surface area contributed by atoms with Crippen molar-refractivity contribution in [1.29, 1.82) is 0 Å². The first-order valence-corrected chi connectivity index (χ1v) is 14.7. The van der Waals surface area contributed by atoms with E-state index in [2.05, 4.69) is 34.2 Å². The lowest BCUT2D eigenvalue weighted by atomic mass is 10.1. The monoisotopic (exact) mass is 548 g/mol. The fourth-order valence-corrected chi connectivity index (χ4v) is 7.41. The lowest BCUT2D eigenvalue weighted by molar-refractivity contribution is -0.188. The van der Waals surface area contributed by atoms with Gasteiger partial charge in [0.05, 0.1) is 20.5 Å². The maximum Gasteiger partial charge on any atom is 0.492 e. The number of benzene rings is 2. The van der Waals surface area contributed by atoms with Gasteiger partial charge in [-0.3, -0.25) is 0 Å². The predicted molar refractivity (Wildman–Crippen MR) is 145 cm³/mol. The number of carbonyl (C=O) groups excluding carboxylic acids is 1. The first-order chi connectivity index (χ1) is 18.2. The van der Waals surface area contributed by atoms with Crippen molar-refractivity contribution in [3.63, 3.8) is 0 Å². The zero-order chi connectivity index (χ0) is 27.0. The predicted octanol–water partition coefficient (Wildman–Crippen LogP) is 5.46. The number of hydrogen-bond acceptors (Lipinski definition) is 6. The summed E-state index contributed by atoms with van der Waals surface area (Å²) in [5.74, 6) is -2.17. The highest BCUT2D eigenvalue weighted by Gasteiger charge is 2.42. The molecule has 2 aromatic carbocycles. The van der Waals surface area contributed by atoms with Crippen LogP contribution in [0.2, 0.25) is 0 Å². The number of nitrogens with one attached hydrogen (secondary N) is 1. The summed E-state index contributed by atoms with van der Waals surface area (Å²) in [7, 11) is -1.57. The number of nitrogens with zero attached hydrogens (tertiary/aromatic N) is 3. The number of hydrogen-bond donors (Lipinski definition) is 1. The molecule has 2 aromatic rings. The molecule has 3 heterocycles. The van der Waals surface area contributed by atoms with Gasteiger partial charge in [0.1, 0.15) is 0 Å². The molecule has 6 nitrogen and oxygen atoms in total. The van der Waals surface area contributed by atoms with Crippen molar-refractivity contribution in [1.82, 2.24) is 5.32 Å². The van der Waals surface area contributed by atoms with E-state index in [-0.39, 0.29) is 0 Å². The number of rotatable bonds is 5. The van der Waals surface area contributed by atoms with Crippen molar-refractivity contribution in [2.45, 2.75) is 70.0 Å². The maximum atomic E-state index is 13.5. The summed E-state index contributed by atoms with van der Waals surface area (Å²) in [5, 5.41) is 4.03. The molecule has 0 aliphatic carbocycles. The average Bonchev–Trinajstić information content (AvgIpc) is 3.14. The van der Waals surface area contributed by atoms with Crippen LogP contribution in [0.1, 0.15) is 51.2 Å². The smallest absolute Gasteiger partial charge is 0.388 e. The van der Waals surface area contributed by atoms with Gasteiger partial charge in [-0.05, 0) is 81.0 Å². The Bertz CT molecular complexity index is 1350. The molecule has 206 valence electrons. The van der Waals surface area contributed by atoms with Crippen molar-refractivity contribution in [2.24, 2.45) is 4.99 Å². The SMILES string of the molecule is CCc1cc(N2CCCNCC2)cc2c1N=c1c(CC)cc(N3CCCC3C)cc1=S2OC(=O)C(F)(F)F. The number of halogens is 3. The molecule has 0 radical (unpaired) electrons. The Hall–Kier alpha value is -2.59. The van der Waals surface area contributed by atoms with Crippen molar-refractivity contribution >= 4 is 33.8 Å². The molecule has 2 saturated heterocycles. The van der Waals surface area contributed by atoms with E-state index in [1.54, 1.807) is 0 Å². The second-order valence-electron chi connectivity index (χ2n) is 10.1. The van der Waals surface area contributed by atoms with Crippen LogP contribution in [-0.2, 0) is 21.8 Å². The fourth-order valence-electron chi connectivity index (χ4n) is 5.59. The van der Waals surface area contributed by atoms with Crippen LogP contribution in [0.15, 0.2) is 34.2 Å². The van der Waals surface area contributed by atoms with Gasteiger partial charge in [-0.15, -0.1) is 0 Å². The van der Waals surface area contributed by atoms with E-state index in [4.69, 9.17) is 9.18 Å². The third kappa shape index (κ3) is 5.17. The highest BCUT2D eigenvalue weighted by atomic mass is 32.2. The highest BCUT2D eigenvalue weighted by molar-refractivity contribution is 8.05. The summed E-state index contributed by atoms with van der Waals surface area (Å²) < 4.78 is 46.5. The molecular weight excluding hydrogens is 513 g/mol. The van der Waals surface area contributed by atoms with E-state index in [9.17, 15) is 18.0 Å². The number of alkyl halides is 3. The molecule has 10 heteroatoms. The molecule has 2 fully saturated rings. The standard InChI is InChI=1S/C28H35F3N4O2S/c1-4-19-14-21(34-11-7-9-32-10-13-34)16-23-25(19)33-26-20(5-2)15-22(35-12-6-8-18(35)3)17-24(26)38(23)37-27(36)28(29,30)31/h14-18,32H,4-13H2,1-3H3. The molecule has 2 unspecified atom stereocenters. The molecular formula is C28H35F3N4O2S. The van der Waals surface area contributed by atoms with Crippen molar-refractivity contribution in [3.05, 3.63) is 45.3 Å². The van der Waals surface area contributed by atoms with Crippen LogP contribution in [-0.4, -0.2) is 50.9 Å². The van der Waals surface area contributed by atoms with Crippen LogP contribution in [0.5, 0.6) is 0 Å². The van der Waals surface area contributed by atoms with Gasteiger partial charge < -0.3 is 19.3 Å². The molecule has 0 spiro atoms. The van der Waals surface area contributed by atoms with Crippen molar-refractivity contribution in [2.75, 3.05) is 42.5 Å². The average molecular weight is 549 g/mol. The van der Waals surface area contributed by atoms with Crippen LogP contribution < -0.4 is 20.5 Å². The minimum absolute atomic E-state index is 0.333. The number of carbonyl (C=O) groups is 1. The Kier molecular flexibility index (Phi) is 7.73. The molecule has 0 saturated carbocycles. The van der Waals surface area contributed by atoms with Gasteiger partial charge in [-0.25, -0.2) is 9.79 Å². The van der Waals surface area contributed by atoms with Crippen LogP contribution >= 0.6 is 10.8 Å². The van der Waals surface area contributed by atoms with Crippen LogP contribution in [0.25, 0.3) is 0 Å². The van der Waals surface area contributed by atoms with Gasteiger partial charge in [-0.1, -0.05) is 13.8 Å². The zero-order valence-corrected chi connectivity index (χ0v) is 23.0. The lowest BCUT2D eigenvalue weighted by Gasteiger charge is -2.28. The highest BCUT2D eigenvalue weighted by Crippen LogP contribution is 2.46. The molecule has 1 N–H and O–H groups in total. The Morgan fingerprint density at radius 1 is 1.05 bits per heavy atom. The number of fused-ring (bicyclic) bond motifs is 2. The first kappa shape index (κ1) is 27.0.